The Balaban J connectivity index is 3.07. The molecular formula is C10H16O5. The van der Waals surface area contributed by atoms with Crippen molar-refractivity contribution < 1.29 is 24.5 Å². The maximum Gasteiger partial charge on any atom is 0.350 e. The molecule has 15 heavy (non-hydrogen) atoms. The second-order valence-corrected chi connectivity index (χ2v) is 4.18. The predicted octanol–water partition coefficient (Wildman–Crippen LogP) is 0.410. The van der Waals surface area contributed by atoms with Crippen LogP contribution in [0.3, 0.4) is 0 Å². The van der Waals surface area contributed by atoms with Crippen molar-refractivity contribution in [3.63, 3.8) is 0 Å². The van der Waals surface area contributed by atoms with Crippen molar-refractivity contribution in [1.82, 2.24) is 0 Å². The Bertz CT molecular complexity index is 286. The molecule has 0 radical (unpaired) electrons. The van der Waals surface area contributed by atoms with E-state index in [-0.39, 0.29) is 12.3 Å². The highest BCUT2D eigenvalue weighted by Crippen LogP contribution is 2.38. The van der Waals surface area contributed by atoms with Gasteiger partial charge in [-0.05, 0) is 12.3 Å². The lowest BCUT2D eigenvalue weighted by molar-refractivity contribution is -0.176. The second-order valence-electron chi connectivity index (χ2n) is 4.18. The molecule has 5 heteroatoms. The van der Waals surface area contributed by atoms with Crippen LogP contribution in [0.2, 0.25) is 0 Å². The van der Waals surface area contributed by atoms with Gasteiger partial charge in [-0.3, -0.25) is 4.79 Å². The van der Waals surface area contributed by atoms with E-state index in [0.29, 0.717) is 0 Å². The fourth-order valence-corrected chi connectivity index (χ4v) is 1.97. The fourth-order valence-electron chi connectivity index (χ4n) is 1.97. The molecule has 1 aliphatic heterocycles. The van der Waals surface area contributed by atoms with Gasteiger partial charge in [0, 0.05) is 0 Å². The molecule has 86 valence electrons. The normalized spacial score (nSPS) is 35.7. The molecule has 1 saturated heterocycles. The Labute approximate surface area is 88.0 Å². The molecule has 1 aliphatic rings. The number of carboxylic acid groups (broad SMARTS) is 1. The van der Waals surface area contributed by atoms with Crippen molar-refractivity contribution in [1.29, 1.82) is 0 Å². The van der Waals surface area contributed by atoms with Crippen molar-refractivity contribution >= 4 is 11.9 Å². The SMILES string of the molecule is CC[C@]1(C(=O)O)OC(=O)[C@@H](C(C)C)[C@@H]1O. The molecule has 1 fully saturated rings. The minimum Gasteiger partial charge on any atom is -0.478 e. The summed E-state index contributed by atoms with van der Waals surface area (Å²) in [5.74, 6) is -2.79. The first-order valence-corrected chi connectivity index (χ1v) is 5.01. The van der Waals surface area contributed by atoms with Crippen LogP contribution in [0.1, 0.15) is 27.2 Å². The van der Waals surface area contributed by atoms with E-state index in [4.69, 9.17) is 9.84 Å². The van der Waals surface area contributed by atoms with Gasteiger partial charge in [-0.2, -0.15) is 0 Å². The molecule has 0 unspecified atom stereocenters. The quantitative estimate of drug-likeness (QED) is 0.667. The molecule has 5 nitrogen and oxygen atoms in total. The van der Waals surface area contributed by atoms with Crippen molar-refractivity contribution in [2.75, 3.05) is 0 Å². The monoisotopic (exact) mass is 216 g/mol. The lowest BCUT2D eigenvalue weighted by Gasteiger charge is -2.26. The molecule has 0 aromatic heterocycles. The van der Waals surface area contributed by atoms with Crippen molar-refractivity contribution in [3.05, 3.63) is 0 Å². The average molecular weight is 216 g/mol. The van der Waals surface area contributed by atoms with Crippen LogP contribution >= 0.6 is 0 Å². The van der Waals surface area contributed by atoms with Crippen molar-refractivity contribution in [2.45, 2.75) is 38.9 Å². The molecule has 1 heterocycles. The second kappa shape index (κ2) is 3.81. The van der Waals surface area contributed by atoms with E-state index in [0.717, 1.165) is 0 Å². The third-order valence-electron chi connectivity index (χ3n) is 2.98. The summed E-state index contributed by atoms with van der Waals surface area (Å²) in [7, 11) is 0. The standard InChI is InChI=1S/C10H16O5/c1-4-10(9(13)14)7(11)6(5(2)3)8(12)15-10/h5-7,11H,4H2,1-3H3,(H,13,14)/t6-,7-,10-/m0/s1. The van der Waals surface area contributed by atoms with E-state index in [9.17, 15) is 14.7 Å². The minimum atomic E-state index is -1.76. The zero-order valence-corrected chi connectivity index (χ0v) is 9.06. The summed E-state index contributed by atoms with van der Waals surface area (Å²) < 4.78 is 4.86. The van der Waals surface area contributed by atoms with Crippen LogP contribution in [-0.2, 0) is 14.3 Å². The number of aliphatic hydroxyl groups excluding tert-OH is 1. The third kappa shape index (κ3) is 1.61. The van der Waals surface area contributed by atoms with Crippen molar-refractivity contribution in [3.8, 4) is 0 Å². The molecule has 1 rings (SSSR count). The van der Waals surface area contributed by atoms with Gasteiger partial charge in [0.05, 0.1) is 5.92 Å². The third-order valence-corrected chi connectivity index (χ3v) is 2.98. The molecular weight excluding hydrogens is 200 g/mol. The van der Waals surface area contributed by atoms with Gasteiger partial charge in [-0.15, -0.1) is 0 Å². The van der Waals surface area contributed by atoms with Crippen LogP contribution in [0.5, 0.6) is 0 Å². The summed E-state index contributed by atoms with van der Waals surface area (Å²) >= 11 is 0. The van der Waals surface area contributed by atoms with Gasteiger partial charge >= 0.3 is 11.9 Å². The Hall–Kier alpha value is -1.10. The number of carbonyl (C=O) groups is 2. The molecule has 2 N–H and O–H groups in total. The van der Waals surface area contributed by atoms with Gasteiger partial charge in [-0.1, -0.05) is 20.8 Å². The highest BCUT2D eigenvalue weighted by Gasteiger charge is 2.59. The van der Waals surface area contributed by atoms with Crippen LogP contribution in [0.4, 0.5) is 0 Å². The molecule has 3 atom stereocenters. The summed E-state index contributed by atoms with van der Waals surface area (Å²) in [6, 6.07) is 0. The summed E-state index contributed by atoms with van der Waals surface area (Å²) in [6.45, 7) is 5.08. The summed E-state index contributed by atoms with van der Waals surface area (Å²) in [5.41, 5.74) is -1.76. The lowest BCUT2D eigenvalue weighted by Crippen LogP contribution is -2.48. The van der Waals surface area contributed by atoms with Crippen LogP contribution in [0.25, 0.3) is 0 Å². The zero-order valence-electron chi connectivity index (χ0n) is 9.06. The number of aliphatic hydroxyl groups is 1. The minimum absolute atomic E-state index is 0.0679. The van der Waals surface area contributed by atoms with Crippen LogP contribution < -0.4 is 0 Å². The Morgan fingerprint density at radius 1 is 1.60 bits per heavy atom. The van der Waals surface area contributed by atoms with E-state index in [1.807, 2.05) is 0 Å². The topological polar surface area (TPSA) is 83.8 Å². The summed E-state index contributed by atoms with van der Waals surface area (Å²) in [4.78, 5) is 22.5. The van der Waals surface area contributed by atoms with E-state index in [1.54, 1.807) is 20.8 Å². The predicted molar refractivity (Wildman–Crippen MR) is 51.1 cm³/mol. The average Bonchev–Trinajstić information content (AvgIpc) is 2.38. The van der Waals surface area contributed by atoms with Crippen LogP contribution in [0, 0.1) is 11.8 Å². The first kappa shape index (κ1) is 12.0. The molecule has 0 bridgehead atoms. The first-order valence-electron chi connectivity index (χ1n) is 5.01. The highest BCUT2D eigenvalue weighted by molar-refractivity contribution is 5.88. The number of cyclic esters (lactones) is 1. The van der Waals surface area contributed by atoms with Gasteiger partial charge in [0.25, 0.3) is 0 Å². The molecule has 0 aliphatic carbocycles. The molecule has 0 aromatic carbocycles. The van der Waals surface area contributed by atoms with Gasteiger partial charge in [0.1, 0.15) is 6.10 Å². The highest BCUT2D eigenvalue weighted by atomic mass is 16.6. The number of carboxylic acids is 1. The molecule has 0 spiro atoms. The number of aliphatic carboxylic acids is 1. The van der Waals surface area contributed by atoms with Crippen LogP contribution in [-0.4, -0.2) is 33.9 Å². The first-order chi connectivity index (χ1) is 6.86. The van der Waals surface area contributed by atoms with E-state index >= 15 is 0 Å². The zero-order chi connectivity index (χ0) is 11.8. The van der Waals surface area contributed by atoms with Gasteiger partial charge in [0.15, 0.2) is 0 Å². The Morgan fingerprint density at radius 2 is 2.13 bits per heavy atom. The van der Waals surface area contributed by atoms with Crippen LogP contribution in [0.15, 0.2) is 0 Å². The van der Waals surface area contributed by atoms with Crippen molar-refractivity contribution in [2.24, 2.45) is 11.8 Å². The van der Waals surface area contributed by atoms with E-state index in [2.05, 4.69) is 0 Å². The number of esters is 1. The number of hydrogen-bond acceptors (Lipinski definition) is 4. The van der Waals surface area contributed by atoms with Gasteiger partial charge < -0.3 is 14.9 Å². The fraction of sp³-hybridized carbons (Fsp3) is 0.800. The summed E-state index contributed by atoms with van der Waals surface area (Å²) in [5, 5.41) is 18.9. The van der Waals surface area contributed by atoms with Gasteiger partial charge in [0.2, 0.25) is 5.60 Å². The maximum atomic E-state index is 11.5. The number of carbonyl (C=O) groups excluding carboxylic acids is 1. The number of rotatable bonds is 3. The Kier molecular flexibility index (Phi) is 3.04. The summed E-state index contributed by atoms with van der Waals surface area (Å²) in [6.07, 6.45) is -1.20. The van der Waals surface area contributed by atoms with E-state index in [1.165, 1.54) is 0 Å². The smallest absolute Gasteiger partial charge is 0.350 e. The molecule has 0 saturated carbocycles. The Morgan fingerprint density at radius 3 is 2.33 bits per heavy atom. The largest absolute Gasteiger partial charge is 0.478 e. The lowest BCUT2D eigenvalue weighted by atomic mass is 9.82. The number of ether oxygens (including phenoxy) is 1. The van der Waals surface area contributed by atoms with Gasteiger partial charge in [-0.25, -0.2) is 4.79 Å². The van der Waals surface area contributed by atoms with E-state index < -0.39 is 29.6 Å². The maximum absolute atomic E-state index is 11.5. The number of hydrogen-bond donors (Lipinski definition) is 2. The molecule has 0 amide bonds. The molecule has 0 aromatic rings.